The van der Waals surface area contributed by atoms with Crippen LogP contribution in [0.25, 0.3) is 0 Å². The molecule has 106 valence electrons. The highest BCUT2D eigenvalue weighted by Gasteiger charge is 2.15. The van der Waals surface area contributed by atoms with Crippen LogP contribution in [0.2, 0.25) is 0 Å². The Hall–Kier alpha value is -2.20. The molecule has 0 amide bonds. The van der Waals surface area contributed by atoms with E-state index < -0.39 is 4.92 Å². The van der Waals surface area contributed by atoms with E-state index in [1.54, 1.807) is 0 Å². The zero-order valence-electron chi connectivity index (χ0n) is 11.0. The van der Waals surface area contributed by atoms with E-state index in [1.165, 1.54) is 18.9 Å². The number of hydrogen-bond acceptors (Lipinski definition) is 6. The van der Waals surface area contributed by atoms with Crippen LogP contribution in [-0.4, -0.2) is 29.6 Å². The van der Waals surface area contributed by atoms with E-state index in [-0.39, 0.29) is 17.1 Å². The van der Waals surface area contributed by atoms with Crippen LogP contribution in [0.4, 0.5) is 5.69 Å². The van der Waals surface area contributed by atoms with Gasteiger partial charge in [0.25, 0.3) is 5.69 Å². The summed E-state index contributed by atoms with van der Waals surface area (Å²) in [5, 5.41) is 22.9. The van der Waals surface area contributed by atoms with Crippen molar-refractivity contribution in [1.29, 1.82) is 5.26 Å². The van der Waals surface area contributed by atoms with Crippen molar-refractivity contribution in [2.45, 2.75) is 19.3 Å². The van der Waals surface area contributed by atoms with Gasteiger partial charge in [-0.05, 0) is 38.3 Å². The van der Waals surface area contributed by atoms with Gasteiger partial charge in [-0.15, -0.1) is 0 Å². The van der Waals surface area contributed by atoms with Gasteiger partial charge in [-0.25, -0.2) is 4.98 Å². The molecular formula is C13H16N4O3. The fourth-order valence-corrected chi connectivity index (χ4v) is 2.23. The molecule has 1 aromatic heterocycles. The number of aromatic nitrogens is 1. The average Bonchev–Trinajstić information content (AvgIpc) is 2.48. The third-order valence-corrected chi connectivity index (χ3v) is 3.33. The molecule has 0 radical (unpaired) electrons. The van der Waals surface area contributed by atoms with Gasteiger partial charge >= 0.3 is 0 Å². The van der Waals surface area contributed by atoms with Crippen molar-refractivity contribution in [2.24, 2.45) is 5.92 Å². The topological polar surface area (TPSA) is 101 Å². The van der Waals surface area contributed by atoms with Crippen molar-refractivity contribution in [3.05, 3.63) is 27.9 Å². The van der Waals surface area contributed by atoms with E-state index in [1.807, 2.05) is 6.07 Å². The summed E-state index contributed by atoms with van der Waals surface area (Å²) in [5.41, 5.74) is -0.105. The van der Waals surface area contributed by atoms with Gasteiger partial charge in [0.1, 0.15) is 17.8 Å². The molecule has 1 aliphatic rings. The Kier molecular flexibility index (Phi) is 4.85. The summed E-state index contributed by atoms with van der Waals surface area (Å²) in [7, 11) is 0. The van der Waals surface area contributed by atoms with Crippen molar-refractivity contribution >= 4 is 5.69 Å². The fraction of sp³-hybridized carbons (Fsp3) is 0.538. The summed E-state index contributed by atoms with van der Waals surface area (Å²) in [6, 6.07) is 3.06. The van der Waals surface area contributed by atoms with E-state index in [4.69, 9.17) is 10.00 Å². The number of nitrogens with zero attached hydrogens (tertiary/aromatic N) is 3. The van der Waals surface area contributed by atoms with Gasteiger partial charge in [0.2, 0.25) is 5.88 Å². The van der Waals surface area contributed by atoms with Crippen molar-refractivity contribution in [2.75, 3.05) is 19.7 Å². The fourth-order valence-electron chi connectivity index (χ4n) is 2.23. The summed E-state index contributed by atoms with van der Waals surface area (Å²) >= 11 is 0. The molecule has 0 saturated carbocycles. The second-order valence-corrected chi connectivity index (χ2v) is 4.76. The maximum atomic E-state index is 10.6. The molecule has 1 atom stereocenters. The van der Waals surface area contributed by atoms with Crippen LogP contribution in [0, 0.1) is 27.4 Å². The van der Waals surface area contributed by atoms with Crippen molar-refractivity contribution in [3.63, 3.8) is 0 Å². The number of hydrogen-bond donors (Lipinski definition) is 1. The third kappa shape index (κ3) is 3.65. The Labute approximate surface area is 116 Å². The van der Waals surface area contributed by atoms with Crippen molar-refractivity contribution in [3.8, 4) is 11.9 Å². The summed E-state index contributed by atoms with van der Waals surface area (Å²) in [6.45, 7) is 2.52. The second-order valence-electron chi connectivity index (χ2n) is 4.76. The molecule has 1 aromatic rings. The molecule has 1 unspecified atom stereocenters. The molecular weight excluding hydrogens is 260 g/mol. The van der Waals surface area contributed by atoms with Gasteiger partial charge in [-0.3, -0.25) is 10.1 Å². The molecule has 7 heteroatoms. The number of ether oxygens (including phenoxy) is 1. The molecule has 1 saturated heterocycles. The summed E-state index contributed by atoms with van der Waals surface area (Å²) in [5.74, 6) is 0.745. The van der Waals surface area contributed by atoms with Crippen molar-refractivity contribution in [1.82, 2.24) is 10.3 Å². The largest absolute Gasteiger partial charge is 0.477 e. The number of pyridine rings is 1. The van der Waals surface area contributed by atoms with Gasteiger partial charge in [0, 0.05) is 6.07 Å². The minimum absolute atomic E-state index is 0.0981. The first-order valence-corrected chi connectivity index (χ1v) is 6.58. The Morgan fingerprint density at radius 1 is 1.65 bits per heavy atom. The van der Waals surface area contributed by atoms with E-state index in [2.05, 4.69) is 10.3 Å². The first-order chi connectivity index (χ1) is 9.70. The van der Waals surface area contributed by atoms with Gasteiger partial charge in [0.05, 0.1) is 11.5 Å². The lowest BCUT2D eigenvalue weighted by Crippen LogP contribution is -2.30. The standard InChI is InChI=1S/C13H16N4O3/c14-7-11-6-12(17(18)19)9-16-13(11)20-5-3-10-2-1-4-15-8-10/h6,9-10,15H,1-5,8H2. The molecule has 0 bridgehead atoms. The smallest absolute Gasteiger partial charge is 0.289 e. The highest BCUT2D eigenvalue weighted by atomic mass is 16.6. The van der Waals surface area contributed by atoms with Crippen LogP contribution in [0.1, 0.15) is 24.8 Å². The third-order valence-electron chi connectivity index (χ3n) is 3.33. The molecule has 0 aliphatic carbocycles. The summed E-state index contributed by atoms with van der Waals surface area (Å²) in [4.78, 5) is 13.9. The number of nitriles is 1. The number of piperidine rings is 1. The van der Waals surface area contributed by atoms with E-state index in [0.29, 0.717) is 12.5 Å². The van der Waals surface area contributed by atoms with Crippen LogP contribution in [-0.2, 0) is 0 Å². The number of nitrogens with one attached hydrogen (secondary N) is 1. The second kappa shape index (κ2) is 6.82. The molecule has 1 fully saturated rings. The predicted molar refractivity (Wildman–Crippen MR) is 71.3 cm³/mol. The first kappa shape index (κ1) is 14.2. The summed E-state index contributed by atoms with van der Waals surface area (Å²) < 4.78 is 5.48. The van der Waals surface area contributed by atoms with E-state index in [0.717, 1.165) is 25.7 Å². The van der Waals surface area contributed by atoms with Gasteiger partial charge in [-0.2, -0.15) is 5.26 Å². The Morgan fingerprint density at radius 2 is 2.50 bits per heavy atom. The minimum Gasteiger partial charge on any atom is -0.477 e. The zero-order chi connectivity index (χ0) is 14.4. The maximum absolute atomic E-state index is 10.6. The molecule has 20 heavy (non-hydrogen) atoms. The maximum Gasteiger partial charge on any atom is 0.289 e. The first-order valence-electron chi connectivity index (χ1n) is 6.58. The van der Waals surface area contributed by atoms with Gasteiger partial charge in [0.15, 0.2) is 0 Å². The Balaban J connectivity index is 1.92. The van der Waals surface area contributed by atoms with E-state index in [9.17, 15) is 10.1 Å². The SMILES string of the molecule is N#Cc1cc([N+](=O)[O-])cnc1OCCC1CCCNC1. The summed E-state index contributed by atoms with van der Waals surface area (Å²) in [6.07, 6.45) is 4.34. The highest BCUT2D eigenvalue weighted by molar-refractivity contribution is 5.44. The monoisotopic (exact) mass is 276 g/mol. The Morgan fingerprint density at radius 3 is 3.15 bits per heavy atom. The molecule has 2 rings (SSSR count). The van der Waals surface area contributed by atoms with Crippen LogP contribution in [0.5, 0.6) is 5.88 Å². The van der Waals surface area contributed by atoms with Gasteiger partial charge in [-0.1, -0.05) is 0 Å². The predicted octanol–water partition coefficient (Wildman–Crippen LogP) is 1.63. The lowest BCUT2D eigenvalue weighted by molar-refractivity contribution is -0.385. The Bertz CT molecular complexity index is 521. The molecule has 7 nitrogen and oxygen atoms in total. The molecule has 0 aromatic carbocycles. The number of nitro groups is 1. The quantitative estimate of drug-likeness (QED) is 0.648. The van der Waals surface area contributed by atoms with E-state index >= 15 is 0 Å². The highest BCUT2D eigenvalue weighted by Crippen LogP contribution is 2.21. The lowest BCUT2D eigenvalue weighted by Gasteiger charge is -2.22. The van der Waals surface area contributed by atoms with Crippen LogP contribution >= 0.6 is 0 Å². The zero-order valence-corrected chi connectivity index (χ0v) is 11.0. The lowest BCUT2D eigenvalue weighted by atomic mass is 9.97. The van der Waals surface area contributed by atoms with Crippen molar-refractivity contribution < 1.29 is 9.66 Å². The molecule has 1 N–H and O–H groups in total. The average molecular weight is 276 g/mol. The normalized spacial score (nSPS) is 18.2. The van der Waals surface area contributed by atoms with Crippen LogP contribution < -0.4 is 10.1 Å². The molecule has 1 aliphatic heterocycles. The molecule has 0 spiro atoms. The number of rotatable bonds is 5. The van der Waals surface area contributed by atoms with Gasteiger partial charge < -0.3 is 10.1 Å². The molecule has 2 heterocycles. The minimum atomic E-state index is -0.578. The van der Waals surface area contributed by atoms with Crippen LogP contribution in [0.15, 0.2) is 12.3 Å². The van der Waals surface area contributed by atoms with Crippen LogP contribution in [0.3, 0.4) is 0 Å².